The van der Waals surface area contributed by atoms with Crippen molar-refractivity contribution in [1.29, 1.82) is 5.41 Å². The number of oxime groups is 1. The zero-order valence-corrected chi connectivity index (χ0v) is 20.7. The van der Waals surface area contributed by atoms with Gasteiger partial charge in [-0.3, -0.25) is 15.0 Å². The molecule has 13 nitrogen and oxygen atoms in total. The van der Waals surface area contributed by atoms with E-state index in [9.17, 15) is 9.59 Å². The number of nitrogen functional groups attached to an aromatic ring is 2. The highest BCUT2D eigenvalue weighted by atomic mass is 32.2. The maximum absolute atomic E-state index is 13.0. The third kappa shape index (κ3) is 6.00. The number of thiazole rings is 1. The number of carbonyl (C=O) groups excluding carboxylic acids is 2. The van der Waals surface area contributed by atoms with Gasteiger partial charge in [-0.05, 0) is 45.0 Å². The summed E-state index contributed by atoms with van der Waals surface area (Å²) in [6.07, 6.45) is -0.562. The van der Waals surface area contributed by atoms with E-state index in [1.807, 2.05) is 0 Å². The van der Waals surface area contributed by atoms with Gasteiger partial charge in [0, 0.05) is 10.9 Å². The minimum Gasteiger partial charge on any atom is -0.490 e. The molecule has 0 radical (unpaired) electrons. The van der Waals surface area contributed by atoms with Crippen LogP contribution in [0.2, 0.25) is 0 Å². The quantitative estimate of drug-likeness (QED) is 0.0942. The molecule has 2 aromatic rings. The number of nitrogens with one attached hydrogen (secondary N) is 2. The average Bonchev–Trinajstić information content (AvgIpc) is 3.25. The van der Waals surface area contributed by atoms with Crippen molar-refractivity contribution in [2.75, 3.05) is 12.3 Å². The number of amides is 2. The number of hydrogen-bond acceptors (Lipinski definition) is 12. The SMILES string of the molecule is CC(COc1ccc(C(=N)N)cc1)O/N=C(\C(=O)N[C@@H]1C(=O)N(OSO)C1(C)C)c1csc(N)n1. The van der Waals surface area contributed by atoms with Crippen molar-refractivity contribution in [3.63, 3.8) is 0 Å². The summed E-state index contributed by atoms with van der Waals surface area (Å²) in [7, 11) is 0. The second kappa shape index (κ2) is 10.9. The van der Waals surface area contributed by atoms with E-state index in [2.05, 4.69) is 15.5 Å². The Balaban J connectivity index is 1.66. The minimum atomic E-state index is -0.929. The predicted molar refractivity (Wildman–Crippen MR) is 131 cm³/mol. The highest BCUT2D eigenvalue weighted by Gasteiger charge is 2.57. The summed E-state index contributed by atoms with van der Waals surface area (Å²) < 4.78 is 19.3. The Morgan fingerprint density at radius 3 is 2.66 bits per heavy atom. The van der Waals surface area contributed by atoms with Gasteiger partial charge < -0.3 is 30.9 Å². The number of carbonyl (C=O) groups is 2. The number of ether oxygens (including phenoxy) is 1. The lowest BCUT2D eigenvalue weighted by molar-refractivity contribution is -0.214. The molecule has 1 fully saturated rings. The molecule has 2 atom stereocenters. The molecule has 188 valence electrons. The molecule has 0 spiro atoms. The lowest BCUT2D eigenvalue weighted by Crippen LogP contribution is -2.76. The van der Waals surface area contributed by atoms with Gasteiger partial charge in [-0.2, -0.15) is 9.35 Å². The standard InChI is InChI=1S/C20H25N7O6S2/c1-10(8-31-12-6-4-11(5-7-12)16(21)22)32-26-14(13-9-34-19(23)24-13)17(28)25-15-18(29)27(33-35-30)20(15,2)3/h4-7,9-10,15,30H,8H2,1-3H3,(H3,21,22)(H2,23,24)(H,25,28)/b26-14-/t10?,15-/m1/s1. The Hall–Kier alpha value is -3.40. The molecule has 1 aromatic carbocycles. The molecule has 2 amide bonds. The van der Waals surface area contributed by atoms with Crippen LogP contribution in [-0.4, -0.2) is 62.3 Å². The van der Waals surface area contributed by atoms with Crippen LogP contribution in [0.5, 0.6) is 5.75 Å². The Morgan fingerprint density at radius 2 is 2.11 bits per heavy atom. The second-order valence-electron chi connectivity index (χ2n) is 8.02. The number of amidine groups is 1. The molecule has 0 saturated carbocycles. The molecule has 35 heavy (non-hydrogen) atoms. The summed E-state index contributed by atoms with van der Waals surface area (Å²) in [6.45, 7) is 5.12. The van der Waals surface area contributed by atoms with Crippen molar-refractivity contribution in [2.24, 2.45) is 10.9 Å². The van der Waals surface area contributed by atoms with E-state index in [1.165, 1.54) is 0 Å². The van der Waals surface area contributed by atoms with Crippen molar-refractivity contribution in [1.82, 2.24) is 15.4 Å². The van der Waals surface area contributed by atoms with E-state index < -0.39 is 29.5 Å². The number of aromatic nitrogens is 1. The molecule has 3 rings (SSSR count). The number of benzene rings is 1. The van der Waals surface area contributed by atoms with Crippen LogP contribution >= 0.6 is 23.7 Å². The highest BCUT2D eigenvalue weighted by Crippen LogP contribution is 2.33. The first-order valence-corrected chi connectivity index (χ1v) is 11.8. The fraction of sp³-hybridized carbons (Fsp3) is 0.350. The van der Waals surface area contributed by atoms with E-state index in [0.29, 0.717) is 11.3 Å². The first-order chi connectivity index (χ1) is 16.5. The van der Waals surface area contributed by atoms with Gasteiger partial charge in [-0.25, -0.2) is 4.98 Å². The third-order valence-electron chi connectivity index (χ3n) is 5.01. The number of nitrogens with zero attached hydrogens (tertiary/aromatic N) is 3. The lowest BCUT2D eigenvalue weighted by atomic mass is 9.84. The van der Waals surface area contributed by atoms with Crippen molar-refractivity contribution in [3.8, 4) is 5.75 Å². The molecule has 0 bridgehead atoms. The van der Waals surface area contributed by atoms with Crippen LogP contribution in [0.4, 0.5) is 5.13 Å². The summed E-state index contributed by atoms with van der Waals surface area (Å²) in [5.74, 6) is -0.750. The summed E-state index contributed by atoms with van der Waals surface area (Å²) in [5.41, 5.74) is 10.8. The van der Waals surface area contributed by atoms with Gasteiger partial charge in [0.1, 0.15) is 29.9 Å². The zero-order valence-electron chi connectivity index (χ0n) is 19.0. The van der Waals surface area contributed by atoms with Crippen LogP contribution < -0.4 is 21.5 Å². The smallest absolute Gasteiger partial charge is 0.276 e. The number of hydroxylamine groups is 2. The molecular weight excluding hydrogens is 498 g/mol. The van der Waals surface area contributed by atoms with Gasteiger partial charge >= 0.3 is 0 Å². The van der Waals surface area contributed by atoms with Gasteiger partial charge in [-0.1, -0.05) is 5.16 Å². The van der Waals surface area contributed by atoms with Crippen LogP contribution in [0.1, 0.15) is 32.0 Å². The van der Waals surface area contributed by atoms with E-state index in [-0.39, 0.29) is 41.3 Å². The van der Waals surface area contributed by atoms with E-state index in [0.717, 1.165) is 16.4 Å². The maximum Gasteiger partial charge on any atom is 0.276 e. The number of β-lactam (4-membered cyclic amide) rings is 1. The number of hydrogen-bond donors (Lipinski definition) is 5. The molecule has 1 saturated heterocycles. The fourth-order valence-electron chi connectivity index (χ4n) is 3.08. The van der Waals surface area contributed by atoms with Crippen molar-refractivity contribution < 1.29 is 28.0 Å². The fourth-order valence-corrected chi connectivity index (χ4v) is 3.96. The van der Waals surface area contributed by atoms with Gasteiger partial charge in [-0.15, -0.1) is 11.3 Å². The summed E-state index contributed by atoms with van der Waals surface area (Å²) in [6, 6.07) is 5.73. The van der Waals surface area contributed by atoms with E-state index >= 15 is 0 Å². The molecule has 0 aliphatic carbocycles. The molecule has 2 heterocycles. The molecule has 15 heteroatoms. The molecule has 1 unspecified atom stereocenters. The zero-order chi connectivity index (χ0) is 25.8. The van der Waals surface area contributed by atoms with Crippen LogP contribution in [0, 0.1) is 5.41 Å². The molecule has 1 aliphatic heterocycles. The second-order valence-corrected chi connectivity index (χ2v) is 9.21. The van der Waals surface area contributed by atoms with Crippen LogP contribution in [0.15, 0.2) is 34.8 Å². The normalized spacial score (nSPS) is 17.9. The Labute approximate surface area is 209 Å². The monoisotopic (exact) mass is 523 g/mol. The number of anilines is 1. The first kappa shape index (κ1) is 26.2. The Morgan fingerprint density at radius 1 is 1.43 bits per heavy atom. The predicted octanol–water partition coefficient (Wildman–Crippen LogP) is 1.36. The lowest BCUT2D eigenvalue weighted by Gasteiger charge is -2.50. The van der Waals surface area contributed by atoms with Crippen LogP contribution in [-0.2, 0) is 18.7 Å². The summed E-state index contributed by atoms with van der Waals surface area (Å²) in [5, 5.41) is 16.7. The van der Waals surface area contributed by atoms with Crippen LogP contribution in [0.25, 0.3) is 0 Å². The average molecular weight is 524 g/mol. The topological polar surface area (TPSA) is 198 Å². The first-order valence-electron chi connectivity index (χ1n) is 10.2. The van der Waals surface area contributed by atoms with Crippen molar-refractivity contribution in [3.05, 3.63) is 40.9 Å². The molecule has 1 aliphatic rings. The maximum atomic E-state index is 13.0. The van der Waals surface area contributed by atoms with E-state index in [1.54, 1.807) is 50.4 Å². The molecule has 1 aromatic heterocycles. The third-order valence-corrected chi connectivity index (χ3v) is 5.90. The summed E-state index contributed by atoms with van der Waals surface area (Å²) in [4.78, 5) is 34.9. The Bertz CT molecular complexity index is 1120. The Kier molecular flexibility index (Phi) is 8.16. The number of rotatable bonds is 11. The van der Waals surface area contributed by atoms with Crippen molar-refractivity contribution in [2.45, 2.75) is 38.5 Å². The largest absolute Gasteiger partial charge is 0.490 e. The van der Waals surface area contributed by atoms with Crippen LogP contribution in [0.3, 0.4) is 0 Å². The highest BCUT2D eigenvalue weighted by molar-refractivity contribution is 7.88. The molecular formula is C20H25N7O6S2. The number of nitrogens with two attached hydrogens (primary N) is 2. The molecule has 7 N–H and O–H groups in total. The van der Waals surface area contributed by atoms with Gasteiger partial charge in [0.25, 0.3) is 11.8 Å². The van der Waals surface area contributed by atoms with Gasteiger partial charge in [0.05, 0.1) is 5.54 Å². The van der Waals surface area contributed by atoms with Gasteiger partial charge in [0.2, 0.25) is 0 Å². The minimum absolute atomic E-state index is 0.0339. The van der Waals surface area contributed by atoms with Crippen molar-refractivity contribution >= 4 is 52.2 Å². The van der Waals surface area contributed by atoms with Gasteiger partial charge in [0.15, 0.2) is 29.3 Å². The summed E-state index contributed by atoms with van der Waals surface area (Å²) >= 11 is 1.15. The van der Waals surface area contributed by atoms with E-state index in [4.69, 9.17) is 35.3 Å².